The van der Waals surface area contributed by atoms with Crippen LogP contribution in [0.15, 0.2) is 24.3 Å². The summed E-state index contributed by atoms with van der Waals surface area (Å²) in [6, 6.07) is 7.62. The van der Waals surface area contributed by atoms with Crippen LogP contribution in [-0.2, 0) is 4.79 Å². The average Bonchev–Trinajstić information content (AvgIpc) is 2.16. The topological polar surface area (TPSA) is 32.3 Å². The van der Waals surface area contributed by atoms with E-state index in [9.17, 15) is 4.79 Å². The van der Waals surface area contributed by atoms with E-state index in [-0.39, 0.29) is 11.3 Å². The molecule has 1 aromatic rings. The summed E-state index contributed by atoms with van der Waals surface area (Å²) in [5, 5.41) is 2.68. The van der Waals surface area contributed by atoms with Crippen LogP contribution in [-0.4, -0.2) is 31.4 Å². The summed E-state index contributed by atoms with van der Waals surface area (Å²) < 4.78 is 0. The van der Waals surface area contributed by atoms with Crippen LogP contribution in [0.5, 0.6) is 0 Å². The lowest BCUT2D eigenvalue weighted by molar-refractivity contribution is -0.114. The van der Waals surface area contributed by atoms with Gasteiger partial charge in [-0.05, 0) is 31.8 Å². The largest absolute Gasteiger partial charge is 0.326 e. The van der Waals surface area contributed by atoms with Gasteiger partial charge in [-0.3, -0.25) is 4.79 Å². The van der Waals surface area contributed by atoms with Gasteiger partial charge in [0.2, 0.25) is 5.91 Å². The van der Waals surface area contributed by atoms with Crippen LogP contribution < -0.4 is 5.32 Å². The Morgan fingerprint density at radius 2 is 2.19 bits per heavy atom. The highest BCUT2D eigenvalue weighted by molar-refractivity contribution is 6.21. The number of carbonyl (C=O) groups excluding carboxylic acids is 1. The first-order chi connectivity index (χ1) is 7.49. The molecule has 3 nitrogen and oxygen atoms in total. The Bertz CT molecular complexity index is 366. The van der Waals surface area contributed by atoms with Crippen molar-refractivity contribution < 1.29 is 4.79 Å². The minimum Gasteiger partial charge on any atom is -0.326 e. The second-order valence-corrected chi connectivity index (χ2v) is 4.56. The van der Waals surface area contributed by atoms with E-state index in [1.807, 2.05) is 43.3 Å². The van der Waals surface area contributed by atoms with Crippen LogP contribution in [0.2, 0.25) is 0 Å². The summed E-state index contributed by atoms with van der Waals surface area (Å²) in [7, 11) is 3.96. The molecule has 0 aliphatic carbocycles. The summed E-state index contributed by atoms with van der Waals surface area (Å²) >= 11 is 6.26. The third kappa shape index (κ3) is 4.21. The molecule has 0 spiro atoms. The van der Waals surface area contributed by atoms with Crippen molar-refractivity contribution in [2.75, 3.05) is 26.0 Å². The van der Waals surface area contributed by atoms with E-state index < -0.39 is 0 Å². The van der Waals surface area contributed by atoms with Gasteiger partial charge in [0.25, 0.3) is 0 Å². The number of hydrogen-bond acceptors (Lipinski definition) is 2. The number of amides is 1. The number of nitrogens with zero attached hydrogens (tertiary/aromatic N) is 1. The van der Waals surface area contributed by atoms with Gasteiger partial charge in [0, 0.05) is 19.2 Å². The van der Waals surface area contributed by atoms with Crippen molar-refractivity contribution in [1.82, 2.24) is 4.90 Å². The van der Waals surface area contributed by atoms with E-state index in [1.165, 1.54) is 6.92 Å². The summed E-state index contributed by atoms with van der Waals surface area (Å²) in [6.45, 7) is 2.26. The molecular formula is C12H17ClN2O. The summed E-state index contributed by atoms with van der Waals surface area (Å²) in [5.41, 5.74) is 1.80. The highest BCUT2D eigenvalue weighted by Crippen LogP contribution is 2.23. The molecule has 1 atom stereocenters. The van der Waals surface area contributed by atoms with Crippen LogP contribution in [0, 0.1) is 0 Å². The van der Waals surface area contributed by atoms with Crippen molar-refractivity contribution in [3.05, 3.63) is 29.8 Å². The fourth-order valence-corrected chi connectivity index (χ4v) is 1.85. The van der Waals surface area contributed by atoms with Gasteiger partial charge in [-0.2, -0.15) is 0 Å². The van der Waals surface area contributed by atoms with E-state index in [1.54, 1.807) is 0 Å². The minimum absolute atomic E-state index is 0.0660. The van der Waals surface area contributed by atoms with Gasteiger partial charge >= 0.3 is 0 Å². The highest BCUT2D eigenvalue weighted by Gasteiger charge is 2.09. The van der Waals surface area contributed by atoms with Gasteiger partial charge < -0.3 is 10.2 Å². The Balaban J connectivity index is 2.77. The van der Waals surface area contributed by atoms with E-state index in [4.69, 9.17) is 11.6 Å². The van der Waals surface area contributed by atoms with Gasteiger partial charge in [0.05, 0.1) is 5.38 Å². The van der Waals surface area contributed by atoms with E-state index >= 15 is 0 Å². The molecule has 0 radical (unpaired) electrons. The summed E-state index contributed by atoms with van der Waals surface area (Å²) in [4.78, 5) is 13.0. The van der Waals surface area contributed by atoms with Crippen LogP contribution in [0.25, 0.3) is 0 Å². The third-order valence-electron chi connectivity index (χ3n) is 2.09. The molecule has 0 bridgehead atoms. The minimum atomic E-state index is -0.0733. The number of nitrogens with one attached hydrogen (secondary N) is 1. The van der Waals surface area contributed by atoms with Crippen molar-refractivity contribution >= 4 is 23.2 Å². The standard InChI is InChI=1S/C12H17ClN2O/c1-9(16)14-11-6-4-5-10(7-11)12(13)8-15(2)3/h4-7,12H,8H2,1-3H3,(H,14,16). The molecule has 0 saturated carbocycles. The smallest absolute Gasteiger partial charge is 0.221 e. The normalized spacial score (nSPS) is 12.6. The molecule has 88 valence electrons. The van der Waals surface area contributed by atoms with Crippen molar-refractivity contribution in [2.24, 2.45) is 0 Å². The van der Waals surface area contributed by atoms with E-state index in [0.717, 1.165) is 17.8 Å². The van der Waals surface area contributed by atoms with Gasteiger partial charge in [-0.25, -0.2) is 0 Å². The number of carbonyl (C=O) groups is 1. The first-order valence-corrected chi connectivity index (χ1v) is 5.59. The van der Waals surface area contributed by atoms with Crippen molar-refractivity contribution in [3.8, 4) is 0 Å². The van der Waals surface area contributed by atoms with E-state index in [2.05, 4.69) is 5.32 Å². The number of benzene rings is 1. The molecule has 1 unspecified atom stereocenters. The Kier molecular flexibility index (Phi) is 4.77. The molecule has 0 aromatic heterocycles. The molecule has 1 aromatic carbocycles. The molecule has 1 rings (SSSR count). The molecule has 16 heavy (non-hydrogen) atoms. The van der Waals surface area contributed by atoms with E-state index in [0.29, 0.717) is 0 Å². The zero-order valence-corrected chi connectivity index (χ0v) is 10.6. The molecular weight excluding hydrogens is 224 g/mol. The first-order valence-electron chi connectivity index (χ1n) is 5.15. The molecule has 1 amide bonds. The predicted molar refractivity (Wildman–Crippen MR) is 67.9 cm³/mol. The lowest BCUT2D eigenvalue weighted by Gasteiger charge is -2.16. The zero-order chi connectivity index (χ0) is 12.1. The summed E-state index contributed by atoms with van der Waals surface area (Å²) in [5.74, 6) is -0.0733. The van der Waals surface area contributed by atoms with Crippen molar-refractivity contribution in [3.63, 3.8) is 0 Å². The maximum atomic E-state index is 10.9. The summed E-state index contributed by atoms with van der Waals surface area (Å²) in [6.07, 6.45) is 0. The monoisotopic (exact) mass is 240 g/mol. The maximum Gasteiger partial charge on any atom is 0.221 e. The van der Waals surface area contributed by atoms with Gasteiger partial charge in [0.1, 0.15) is 0 Å². The number of rotatable bonds is 4. The van der Waals surface area contributed by atoms with Crippen LogP contribution in [0.3, 0.4) is 0 Å². The average molecular weight is 241 g/mol. The first kappa shape index (κ1) is 13.0. The maximum absolute atomic E-state index is 10.9. The number of anilines is 1. The fraction of sp³-hybridized carbons (Fsp3) is 0.417. The predicted octanol–water partition coefficient (Wildman–Crippen LogP) is 2.49. The molecule has 0 aliphatic rings. The van der Waals surface area contributed by atoms with Gasteiger partial charge in [0.15, 0.2) is 0 Å². The number of halogens is 1. The Morgan fingerprint density at radius 1 is 1.50 bits per heavy atom. The highest BCUT2D eigenvalue weighted by atomic mass is 35.5. The quantitative estimate of drug-likeness (QED) is 0.821. The molecule has 4 heteroatoms. The molecule has 0 aliphatic heterocycles. The second-order valence-electron chi connectivity index (χ2n) is 4.04. The van der Waals surface area contributed by atoms with Gasteiger partial charge in [-0.1, -0.05) is 12.1 Å². The van der Waals surface area contributed by atoms with Crippen molar-refractivity contribution in [2.45, 2.75) is 12.3 Å². The van der Waals surface area contributed by atoms with Crippen molar-refractivity contribution in [1.29, 1.82) is 0 Å². The van der Waals surface area contributed by atoms with Crippen LogP contribution in [0.1, 0.15) is 17.9 Å². The number of likely N-dealkylation sites (N-methyl/N-ethyl adjacent to an activating group) is 1. The lowest BCUT2D eigenvalue weighted by Crippen LogP contribution is -2.17. The SMILES string of the molecule is CC(=O)Nc1cccc(C(Cl)CN(C)C)c1. The van der Waals surface area contributed by atoms with Crippen LogP contribution >= 0.6 is 11.6 Å². The number of hydrogen-bond donors (Lipinski definition) is 1. The Hall–Kier alpha value is -1.06. The second kappa shape index (κ2) is 5.87. The number of alkyl halides is 1. The fourth-order valence-electron chi connectivity index (χ4n) is 1.44. The lowest BCUT2D eigenvalue weighted by atomic mass is 10.1. The van der Waals surface area contributed by atoms with Crippen LogP contribution in [0.4, 0.5) is 5.69 Å². The zero-order valence-electron chi connectivity index (χ0n) is 9.83. The molecule has 0 saturated heterocycles. The molecule has 0 heterocycles. The Labute approximate surface area is 101 Å². The van der Waals surface area contributed by atoms with Gasteiger partial charge in [-0.15, -0.1) is 11.6 Å². The third-order valence-corrected chi connectivity index (χ3v) is 2.48. The molecule has 0 fully saturated rings. The Morgan fingerprint density at radius 3 is 2.75 bits per heavy atom. The molecule has 1 N–H and O–H groups in total.